The molecule has 1 unspecified atom stereocenters. The van der Waals surface area contributed by atoms with Crippen LogP contribution in [0.4, 0.5) is 19.1 Å². The fraction of sp³-hybridized carbons (Fsp3) is 0.615. The molecule has 0 amide bonds. The zero-order valence-corrected chi connectivity index (χ0v) is 11.8. The molecule has 1 aromatic rings. The van der Waals surface area contributed by atoms with Gasteiger partial charge in [0, 0.05) is 6.54 Å². The van der Waals surface area contributed by atoms with Crippen LogP contribution in [0.2, 0.25) is 0 Å². The molecule has 1 fully saturated rings. The number of ether oxygens (including phenoxy) is 1. The van der Waals surface area contributed by atoms with Gasteiger partial charge < -0.3 is 9.64 Å². The van der Waals surface area contributed by atoms with Crippen molar-refractivity contribution in [1.29, 1.82) is 0 Å². The molecular weight excluding hydrogens is 287 g/mol. The summed E-state index contributed by atoms with van der Waals surface area (Å²) in [6, 6.07) is 0. The standard InChI is InChI=1S/C13H16F3N3O2/c1-3-21-10(20)12(2)4-5-19(8-13(12,15)16)11-17-6-9(14)7-18-11/h6-7H,3-5,8H2,1-2H3. The molecule has 2 rings (SSSR count). The summed E-state index contributed by atoms with van der Waals surface area (Å²) in [5.41, 5.74) is -1.88. The molecule has 1 atom stereocenters. The molecule has 1 saturated heterocycles. The Balaban J connectivity index is 2.19. The van der Waals surface area contributed by atoms with Crippen molar-refractivity contribution in [3.63, 3.8) is 0 Å². The quantitative estimate of drug-likeness (QED) is 0.800. The fourth-order valence-corrected chi connectivity index (χ4v) is 2.22. The third-order valence-corrected chi connectivity index (χ3v) is 3.69. The highest BCUT2D eigenvalue weighted by Gasteiger charge is 2.59. The van der Waals surface area contributed by atoms with Crippen molar-refractivity contribution in [2.45, 2.75) is 26.2 Å². The molecule has 1 aliphatic rings. The Morgan fingerprint density at radius 3 is 2.57 bits per heavy atom. The lowest BCUT2D eigenvalue weighted by Gasteiger charge is -2.43. The summed E-state index contributed by atoms with van der Waals surface area (Å²) >= 11 is 0. The SMILES string of the molecule is CCOC(=O)C1(C)CCN(c2ncc(F)cn2)CC1(F)F. The lowest BCUT2D eigenvalue weighted by Crippen LogP contribution is -2.58. The first kappa shape index (κ1) is 15.5. The van der Waals surface area contributed by atoms with E-state index in [0.717, 1.165) is 12.4 Å². The molecule has 21 heavy (non-hydrogen) atoms. The van der Waals surface area contributed by atoms with Gasteiger partial charge in [0.1, 0.15) is 5.41 Å². The summed E-state index contributed by atoms with van der Waals surface area (Å²) in [5, 5.41) is 0. The second-order valence-corrected chi connectivity index (χ2v) is 5.13. The average molecular weight is 303 g/mol. The maximum Gasteiger partial charge on any atom is 0.318 e. The second kappa shape index (κ2) is 5.50. The highest BCUT2D eigenvalue weighted by Crippen LogP contribution is 2.45. The number of hydrogen-bond acceptors (Lipinski definition) is 5. The van der Waals surface area contributed by atoms with Crippen molar-refractivity contribution in [3.8, 4) is 0 Å². The number of esters is 1. The third-order valence-electron chi connectivity index (χ3n) is 3.69. The molecule has 0 spiro atoms. The van der Waals surface area contributed by atoms with Crippen molar-refractivity contribution in [3.05, 3.63) is 18.2 Å². The number of rotatable bonds is 3. The summed E-state index contributed by atoms with van der Waals surface area (Å²) in [5.74, 6) is -4.83. The molecule has 116 valence electrons. The summed E-state index contributed by atoms with van der Waals surface area (Å²) in [7, 11) is 0. The van der Waals surface area contributed by atoms with E-state index >= 15 is 0 Å². The Morgan fingerprint density at radius 2 is 2.05 bits per heavy atom. The minimum atomic E-state index is -3.30. The Hall–Kier alpha value is -1.86. The van der Waals surface area contributed by atoms with Crippen LogP contribution in [0.3, 0.4) is 0 Å². The van der Waals surface area contributed by atoms with Gasteiger partial charge in [-0.3, -0.25) is 4.79 Å². The number of carbonyl (C=O) groups is 1. The van der Waals surface area contributed by atoms with E-state index < -0.39 is 29.7 Å². The van der Waals surface area contributed by atoms with Gasteiger partial charge >= 0.3 is 5.97 Å². The summed E-state index contributed by atoms with van der Waals surface area (Å²) in [6.07, 6.45) is 1.73. The number of alkyl halides is 2. The summed E-state index contributed by atoms with van der Waals surface area (Å²) < 4.78 is 46.3. The van der Waals surface area contributed by atoms with Crippen LogP contribution < -0.4 is 4.90 Å². The van der Waals surface area contributed by atoms with Crippen LogP contribution in [0.25, 0.3) is 0 Å². The zero-order chi connectivity index (χ0) is 15.7. The largest absolute Gasteiger partial charge is 0.465 e. The van der Waals surface area contributed by atoms with Crippen LogP contribution in [-0.4, -0.2) is 41.6 Å². The van der Waals surface area contributed by atoms with Crippen molar-refractivity contribution >= 4 is 11.9 Å². The first-order valence-corrected chi connectivity index (χ1v) is 6.58. The molecule has 5 nitrogen and oxygen atoms in total. The molecule has 0 aromatic carbocycles. The molecule has 8 heteroatoms. The lowest BCUT2D eigenvalue weighted by atomic mass is 9.77. The number of nitrogens with zero attached hydrogens (tertiary/aromatic N) is 3. The maximum absolute atomic E-state index is 14.4. The normalized spacial score (nSPS) is 24.7. The van der Waals surface area contributed by atoms with Gasteiger partial charge in [-0.1, -0.05) is 0 Å². The molecular formula is C13H16F3N3O2. The van der Waals surface area contributed by atoms with E-state index in [4.69, 9.17) is 4.74 Å². The van der Waals surface area contributed by atoms with Gasteiger partial charge in [0.2, 0.25) is 5.95 Å². The van der Waals surface area contributed by atoms with E-state index in [9.17, 15) is 18.0 Å². The van der Waals surface area contributed by atoms with Gasteiger partial charge in [-0.05, 0) is 20.3 Å². The van der Waals surface area contributed by atoms with E-state index in [-0.39, 0.29) is 25.5 Å². The third kappa shape index (κ3) is 2.79. The number of aromatic nitrogens is 2. The van der Waals surface area contributed by atoms with Gasteiger partial charge in [-0.25, -0.2) is 23.1 Å². The Morgan fingerprint density at radius 1 is 1.43 bits per heavy atom. The zero-order valence-electron chi connectivity index (χ0n) is 11.8. The molecule has 2 heterocycles. The molecule has 0 bridgehead atoms. The monoisotopic (exact) mass is 303 g/mol. The molecule has 0 aliphatic carbocycles. The first-order chi connectivity index (χ1) is 9.80. The van der Waals surface area contributed by atoms with E-state index in [1.54, 1.807) is 6.92 Å². The van der Waals surface area contributed by atoms with Crippen LogP contribution in [0.5, 0.6) is 0 Å². The molecule has 1 aliphatic heterocycles. The Kier molecular flexibility index (Phi) is 4.06. The lowest BCUT2D eigenvalue weighted by molar-refractivity contribution is -0.184. The van der Waals surface area contributed by atoms with Gasteiger partial charge in [0.15, 0.2) is 5.82 Å². The Labute approximate surface area is 120 Å². The minimum Gasteiger partial charge on any atom is -0.465 e. The average Bonchev–Trinajstić information content (AvgIpc) is 2.43. The van der Waals surface area contributed by atoms with Crippen molar-refractivity contribution < 1.29 is 22.7 Å². The minimum absolute atomic E-state index is 0.0157. The van der Waals surface area contributed by atoms with Crippen LogP contribution in [0.15, 0.2) is 12.4 Å². The first-order valence-electron chi connectivity index (χ1n) is 6.58. The predicted octanol–water partition coefficient (Wildman–Crippen LogP) is 2.03. The van der Waals surface area contributed by atoms with Crippen molar-refractivity contribution in [2.24, 2.45) is 5.41 Å². The van der Waals surface area contributed by atoms with Crippen molar-refractivity contribution in [2.75, 3.05) is 24.6 Å². The highest BCUT2D eigenvalue weighted by atomic mass is 19.3. The Bertz CT molecular complexity index is 524. The topological polar surface area (TPSA) is 55.3 Å². The van der Waals surface area contributed by atoms with Gasteiger partial charge in [0.25, 0.3) is 5.92 Å². The van der Waals surface area contributed by atoms with Gasteiger partial charge in [0.05, 0.1) is 25.5 Å². The molecule has 0 N–H and O–H groups in total. The molecule has 0 saturated carbocycles. The summed E-state index contributed by atoms with van der Waals surface area (Å²) in [4.78, 5) is 20.4. The van der Waals surface area contributed by atoms with Crippen LogP contribution in [0, 0.1) is 11.2 Å². The smallest absolute Gasteiger partial charge is 0.318 e. The number of hydrogen-bond donors (Lipinski definition) is 0. The highest BCUT2D eigenvalue weighted by molar-refractivity contribution is 5.78. The predicted molar refractivity (Wildman–Crippen MR) is 68.5 cm³/mol. The fourth-order valence-electron chi connectivity index (χ4n) is 2.22. The molecule has 1 aromatic heterocycles. The van der Waals surface area contributed by atoms with E-state index in [0.29, 0.717) is 0 Å². The van der Waals surface area contributed by atoms with Crippen LogP contribution >= 0.6 is 0 Å². The van der Waals surface area contributed by atoms with E-state index in [1.165, 1.54) is 11.8 Å². The number of piperidine rings is 1. The van der Waals surface area contributed by atoms with E-state index in [1.807, 2.05) is 0 Å². The van der Waals surface area contributed by atoms with Gasteiger partial charge in [-0.15, -0.1) is 0 Å². The number of anilines is 1. The maximum atomic E-state index is 14.4. The van der Waals surface area contributed by atoms with Crippen LogP contribution in [0.1, 0.15) is 20.3 Å². The number of carbonyl (C=O) groups excluding carboxylic acids is 1. The van der Waals surface area contributed by atoms with E-state index in [2.05, 4.69) is 9.97 Å². The van der Waals surface area contributed by atoms with Gasteiger partial charge in [-0.2, -0.15) is 0 Å². The number of halogens is 3. The summed E-state index contributed by atoms with van der Waals surface area (Å²) in [6.45, 7) is 2.27. The second-order valence-electron chi connectivity index (χ2n) is 5.13. The van der Waals surface area contributed by atoms with Crippen molar-refractivity contribution in [1.82, 2.24) is 9.97 Å². The van der Waals surface area contributed by atoms with Crippen LogP contribution in [-0.2, 0) is 9.53 Å². The molecule has 0 radical (unpaired) electrons.